The third kappa shape index (κ3) is 2.55. The van der Waals surface area contributed by atoms with Crippen molar-refractivity contribution in [2.45, 2.75) is 25.7 Å². The highest BCUT2D eigenvalue weighted by atomic mass is 16.2. The highest BCUT2D eigenvalue weighted by Crippen LogP contribution is 2.26. The van der Waals surface area contributed by atoms with Crippen LogP contribution in [-0.2, 0) is 4.79 Å². The normalized spacial score (nSPS) is 18.9. The van der Waals surface area contributed by atoms with Gasteiger partial charge in [-0.05, 0) is 31.4 Å². The molecule has 20 heavy (non-hydrogen) atoms. The van der Waals surface area contributed by atoms with Crippen LogP contribution in [0.2, 0.25) is 0 Å². The number of ketones is 1. The summed E-state index contributed by atoms with van der Waals surface area (Å²) in [4.78, 5) is 28.3. The Morgan fingerprint density at radius 2 is 1.80 bits per heavy atom. The van der Waals surface area contributed by atoms with E-state index < -0.39 is 0 Å². The Morgan fingerprint density at radius 1 is 1.05 bits per heavy atom. The van der Waals surface area contributed by atoms with Gasteiger partial charge in [0.15, 0.2) is 5.78 Å². The molecule has 0 bridgehead atoms. The first-order valence-electron chi connectivity index (χ1n) is 7.40. The molecule has 0 aliphatic carbocycles. The van der Waals surface area contributed by atoms with Crippen LogP contribution in [0.5, 0.6) is 0 Å². The molecule has 0 N–H and O–H groups in total. The lowest BCUT2D eigenvalue weighted by molar-refractivity contribution is -0.130. The zero-order valence-corrected chi connectivity index (χ0v) is 11.7. The molecule has 4 heteroatoms. The molecular formula is C16H20N2O2. The van der Waals surface area contributed by atoms with E-state index in [2.05, 4.69) is 0 Å². The number of rotatable bonds is 2. The van der Waals surface area contributed by atoms with Crippen molar-refractivity contribution >= 4 is 17.4 Å². The van der Waals surface area contributed by atoms with Crippen LogP contribution in [0.3, 0.4) is 0 Å². The molecule has 1 amide bonds. The number of nitrogens with zero attached hydrogens (tertiary/aromatic N) is 2. The molecule has 0 aromatic heterocycles. The predicted molar refractivity (Wildman–Crippen MR) is 78.0 cm³/mol. The van der Waals surface area contributed by atoms with Gasteiger partial charge in [-0.15, -0.1) is 0 Å². The molecule has 4 nitrogen and oxygen atoms in total. The van der Waals surface area contributed by atoms with E-state index in [1.54, 1.807) is 0 Å². The fraction of sp³-hybridized carbons (Fsp3) is 0.500. The molecule has 3 rings (SSSR count). The second-order valence-electron chi connectivity index (χ2n) is 5.55. The lowest BCUT2D eigenvalue weighted by Gasteiger charge is -2.33. The Labute approximate surface area is 119 Å². The summed E-state index contributed by atoms with van der Waals surface area (Å²) < 4.78 is 0. The summed E-state index contributed by atoms with van der Waals surface area (Å²) in [5.74, 6) is 0.371. The number of carbonyl (C=O) groups is 2. The van der Waals surface area contributed by atoms with Gasteiger partial charge in [-0.2, -0.15) is 0 Å². The minimum Gasteiger partial charge on any atom is -0.361 e. The topological polar surface area (TPSA) is 40.6 Å². The van der Waals surface area contributed by atoms with E-state index in [1.807, 2.05) is 34.1 Å². The molecule has 0 atom stereocenters. The van der Waals surface area contributed by atoms with Gasteiger partial charge in [0.05, 0.1) is 6.54 Å². The van der Waals surface area contributed by atoms with Crippen molar-refractivity contribution in [2.24, 2.45) is 0 Å². The second-order valence-corrected chi connectivity index (χ2v) is 5.55. The molecular weight excluding hydrogens is 252 g/mol. The van der Waals surface area contributed by atoms with E-state index in [0.29, 0.717) is 19.5 Å². The van der Waals surface area contributed by atoms with Crippen LogP contribution in [0.1, 0.15) is 36.0 Å². The van der Waals surface area contributed by atoms with E-state index in [-0.39, 0.29) is 11.7 Å². The van der Waals surface area contributed by atoms with Crippen LogP contribution in [0, 0.1) is 0 Å². The van der Waals surface area contributed by atoms with E-state index in [4.69, 9.17) is 0 Å². The molecule has 106 valence electrons. The number of hydrogen-bond donors (Lipinski definition) is 0. The number of likely N-dealkylation sites (tertiary alicyclic amines) is 1. The summed E-state index contributed by atoms with van der Waals surface area (Å²) in [6, 6.07) is 7.60. The Bertz CT molecular complexity index is 521. The van der Waals surface area contributed by atoms with Crippen LogP contribution in [0.4, 0.5) is 5.69 Å². The van der Waals surface area contributed by atoms with Gasteiger partial charge >= 0.3 is 0 Å². The maximum absolute atomic E-state index is 12.4. The fourth-order valence-electron chi connectivity index (χ4n) is 3.05. The Balaban J connectivity index is 1.73. The van der Waals surface area contributed by atoms with Crippen molar-refractivity contribution in [1.29, 1.82) is 0 Å². The van der Waals surface area contributed by atoms with Gasteiger partial charge in [-0.3, -0.25) is 9.59 Å². The fourth-order valence-corrected chi connectivity index (χ4v) is 3.05. The average Bonchev–Trinajstić information content (AvgIpc) is 2.51. The zero-order chi connectivity index (χ0) is 13.9. The highest BCUT2D eigenvalue weighted by Gasteiger charge is 2.26. The Morgan fingerprint density at radius 3 is 2.60 bits per heavy atom. The number of hydrogen-bond acceptors (Lipinski definition) is 3. The van der Waals surface area contributed by atoms with Gasteiger partial charge in [-0.1, -0.05) is 12.1 Å². The molecule has 1 fully saturated rings. The van der Waals surface area contributed by atoms with Gasteiger partial charge in [0.2, 0.25) is 5.91 Å². The summed E-state index contributed by atoms with van der Waals surface area (Å²) >= 11 is 0. The van der Waals surface area contributed by atoms with Crippen LogP contribution in [0.15, 0.2) is 24.3 Å². The molecule has 0 unspecified atom stereocenters. The van der Waals surface area contributed by atoms with Crippen LogP contribution in [0.25, 0.3) is 0 Å². The van der Waals surface area contributed by atoms with Crippen LogP contribution < -0.4 is 4.90 Å². The molecule has 1 aromatic carbocycles. The van der Waals surface area contributed by atoms with Crippen molar-refractivity contribution in [3.05, 3.63) is 29.8 Å². The standard InChI is InChI=1S/C16H20N2O2/c19-15-8-11-18(14-7-3-2-6-13(14)15)12-16(20)17-9-4-1-5-10-17/h2-3,6-7H,1,4-5,8-12H2. The smallest absolute Gasteiger partial charge is 0.242 e. The maximum Gasteiger partial charge on any atom is 0.242 e. The number of Topliss-reactive ketones (excluding diaryl/α,β-unsaturated/α-hetero) is 1. The van der Waals surface area contributed by atoms with Crippen molar-refractivity contribution in [2.75, 3.05) is 31.1 Å². The molecule has 0 spiro atoms. The van der Waals surface area contributed by atoms with E-state index in [9.17, 15) is 9.59 Å². The lowest BCUT2D eigenvalue weighted by atomic mass is 10.0. The van der Waals surface area contributed by atoms with Gasteiger partial charge in [0.1, 0.15) is 0 Å². The summed E-state index contributed by atoms with van der Waals surface area (Å²) in [5.41, 5.74) is 1.67. The van der Waals surface area contributed by atoms with Gasteiger partial charge < -0.3 is 9.80 Å². The number of piperidine rings is 1. The molecule has 2 aliphatic rings. The average molecular weight is 272 g/mol. The summed E-state index contributed by atoms with van der Waals surface area (Å²) in [6.07, 6.45) is 3.96. The predicted octanol–water partition coefficient (Wildman–Crippen LogP) is 2.09. The Kier molecular flexibility index (Phi) is 3.72. The van der Waals surface area contributed by atoms with Crippen molar-refractivity contribution in [1.82, 2.24) is 4.90 Å². The molecule has 2 aliphatic heterocycles. The summed E-state index contributed by atoms with van der Waals surface area (Å²) in [5, 5.41) is 0. The van der Waals surface area contributed by atoms with Crippen molar-refractivity contribution < 1.29 is 9.59 Å². The van der Waals surface area contributed by atoms with E-state index >= 15 is 0 Å². The third-order valence-corrected chi connectivity index (χ3v) is 4.19. The molecule has 2 heterocycles. The molecule has 0 radical (unpaired) electrons. The summed E-state index contributed by atoms with van der Waals surface area (Å²) in [6.45, 7) is 2.81. The maximum atomic E-state index is 12.4. The minimum absolute atomic E-state index is 0.183. The van der Waals surface area contributed by atoms with E-state index in [0.717, 1.165) is 37.2 Å². The first-order chi connectivity index (χ1) is 9.75. The minimum atomic E-state index is 0.183. The monoisotopic (exact) mass is 272 g/mol. The number of benzene rings is 1. The first-order valence-corrected chi connectivity index (χ1v) is 7.40. The second kappa shape index (κ2) is 5.65. The molecule has 1 aromatic rings. The molecule has 0 saturated carbocycles. The van der Waals surface area contributed by atoms with Crippen molar-refractivity contribution in [3.8, 4) is 0 Å². The number of anilines is 1. The SMILES string of the molecule is O=C1CCN(CC(=O)N2CCCCC2)c2ccccc21. The number of para-hydroxylation sites is 1. The lowest BCUT2D eigenvalue weighted by Crippen LogP contribution is -2.44. The Hall–Kier alpha value is -1.84. The molecule has 1 saturated heterocycles. The van der Waals surface area contributed by atoms with Gasteiger partial charge in [0, 0.05) is 37.3 Å². The summed E-state index contributed by atoms with van der Waals surface area (Å²) in [7, 11) is 0. The highest BCUT2D eigenvalue weighted by molar-refractivity contribution is 6.04. The third-order valence-electron chi connectivity index (χ3n) is 4.19. The van der Waals surface area contributed by atoms with Crippen LogP contribution in [-0.4, -0.2) is 42.8 Å². The van der Waals surface area contributed by atoms with Crippen molar-refractivity contribution in [3.63, 3.8) is 0 Å². The van der Waals surface area contributed by atoms with Crippen LogP contribution >= 0.6 is 0 Å². The number of amides is 1. The zero-order valence-electron chi connectivity index (χ0n) is 11.7. The first kappa shape index (κ1) is 13.2. The quantitative estimate of drug-likeness (QED) is 0.827. The number of carbonyl (C=O) groups excluding carboxylic acids is 2. The van der Waals surface area contributed by atoms with Gasteiger partial charge in [-0.25, -0.2) is 0 Å². The number of fused-ring (bicyclic) bond motifs is 1. The largest absolute Gasteiger partial charge is 0.361 e. The van der Waals surface area contributed by atoms with Gasteiger partial charge in [0.25, 0.3) is 0 Å². The van der Waals surface area contributed by atoms with E-state index in [1.165, 1.54) is 6.42 Å².